The Morgan fingerprint density at radius 3 is 2.30 bits per heavy atom. The molecule has 0 aromatic heterocycles. The molecule has 1 heterocycles. The highest BCUT2D eigenvalue weighted by Crippen LogP contribution is 2.39. The van der Waals surface area contributed by atoms with E-state index in [1.165, 1.54) is 5.56 Å². The zero-order chi connectivity index (χ0) is 19.2. The van der Waals surface area contributed by atoms with Crippen molar-refractivity contribution in [2.24, 2.45) is 4.99 Å². The average molecular weight is 402 g/mol. The Morgan fingerprint density at radius 1 is 1.04 bits per heavy atom. The molecule has 0 unspecified atom stereocenters. The summed E-state index contributed by atoms with van der Waals surface area (Å²) in [5, 5.41) is -0.0701. The van der Waals surface area contributed by atoms with Crippen LogP contribution >= 0.6 is 23.5 Å². The van der Waals surface area contributed by atoms with Gasteiger partial charge in [-0.2, -0.15) is 0 Å². The summed E-state index contributed by atoms with van der Waals surface area (Å²) in [6.45, 7) is 0. The van der Waals surface area contributed by atoms with Gasteiger partial charge >= 0.3 is 0 Å². The summed E-state index contributed by atoms with van der Waals surface area (Å²) in [7, 11) is 4.67. The van der Waals surface area contributed by atoms with Crippen molar-refractivity contribution in [3.05, 3.63) is 59.3 Å². The van der Waals surface area contributed by atoms with Crippen LogP contribution in [0.4, 0.5) is 0 Å². The maximum absolute atomic E-state index is 12.3. The highest BCUT2D eigenvalue weighted by atomic mass is 32.2. The number of ether oxygens (including phenoxy) is 3. The fourth-order valence-electron chi connectivity index (χ4n) is 2.51. The Balaban J connectivity index is 1.81. The molecule has 0 saturated carbocycles. The normalized spacial score (nSPS) is 15.0. The maximum Gasteiger partial charge on any atom is 0.244 e. The summed E-state index contributed by atoms with van der Waals surface area (Å²) in [6.07, 6.45) is 1.73. The van der Waals surface area contributed by atoms with Crippen LogP contribution in [0, 0.1) is 0 Å². The molecule has 0 atom stereocenters. The van der Waals surface area contributed by atoms with Gasteiger partial charge in [-0.25, -0.2) is 4.99 Å². The third kappa shape index (κ3) is 4.67. The number of carbonyl (C=O) groups is 1. The molecular formula is C20H19NO4S2. The molecule has 1 aliphatic heterocycles. The first-order valence-electron chi connectivity index (χ1n) is 8.14. The van der Waals surface area contributed by atoms with Crippen LogP contribution in [-0.4, -0.2) is 30.8 Å². The van der Waals surface area contributed by atoms with Gasteiger partial charge in [0.05, 0.1) is 21.3 Å². The standard InChI is InChI=1S/C20H19NO4S2/c1-23-16-10-14(11-17(24-2)18(16)25-3)9-15-19(22)27-20(21-15)26-12-13-7-5-4-6-8-13/h4-11H,12H2,1-3H3. The fraction of sp³-hybridized carbons (Fsp3) is 0.200. The smallest absolute Gasteiger partial charge is 0.244 e. The summed E-state index contributed by atoms with van der Waals surface area (Å²) >= 11 is 2.72. The number of methoxy groups -OCH3 is 3. The zero-order valence-corrected chi connectivity index (χ0v) is 16.9. The van der Waals surface area contributed by atoms with E-state index in [1.807, 2.05) is 18.2 Å². The zero-order valence-electron chi connectivity index (χ0n) is 15.2. The van der Waals surface area contributed by atoms with Crippen LogP contribution in [0.15, 0.2) is 53.2 Å². The summed E-state index contributed by atoms with van der Waals surface area (Å²) in [6, 6.07) is 13.7. The molecule has 5 nitrogen and oxygen atoms in total. The van der Waals surface area contributed by atoms with Gasteiger partial charge in [0.15, 0.2) is 11.5 Å². The molecule has 2 aromatic rings. The first-order chi connectivity index (χ1) is 13.1. The molecule has 1 aliphatic rings. The molecule has 0 fully saturated rings. The van der Waals surface area contributed by atoms with Crippen molar-refractivity contribution in [3.63, 3.8) is 0 Å². The van der Waals surface area contributed by atoms with Gasteiger partial charge < -0.3 is 14.2 Å². The van der Waals surface area contributed by atoms with E-state index in [0.717, 1.165) is 27.5 Å². The molecule has 27 heavy (non-hydrogen) atoms. The van der Waals surface area contributed by atoms with Crippen molar-refractivity contribution >= 4 is 39.1 Å². The number of rotatable bonds is 6. The molecule has 0 radical (unpaired) electrons. The van der Waals surface area contributed by atoms with Crippen LogP contribution in [-0.2, 0) is 10.5 Å². The highest BCUT2D eigenvalue weighted by Gasteiger charge is 2.23. The molecule has 140 valence electrons. The van der Waals surface area contributed by atoms with Crippen molar-refractivity contribution in [1.29, 1.82) is 0 Å². The van der Waals surface area contributed by atoms with Gasteiger partial charge in [0.2, 0.25) is 10.9 Å². The molecule has 0 aliphatic carbocycles. The average Bonchev–Trinajstić information content (AvgIpc) is 3.05. The van der Waals surface area contributed by atoms with E-state index in [4.69, 9.17) is 14.2 Å². The van der Waals surface area contributed by atoms with E-state index >= 15 is 0 Å². The Hall–Kier alpha value is -2.38. The van der Waals surface area contributed by atoms with Gasteiger partial charge in [-0.15, -0.1) is 0 Å². The first kappa shape index (κ1) is 19.4. The number of nitrogens with zero attached hydrogens (tertiary/aromatic N) is 1. The predicted molar refractivity (Wildman–Crippen MR) is 112 cm³/mol. The van der Waals surface area contributed by atoms with Crippen molar-refractivity contribution in [3.8, 4) is 17.2 Å². The number of aliphatic imine (C=N–C) groups is 1. The van der Waals surface area contributed by atoms with E-state index in [0.29, 0.717) is 22.9 Å². The van der Waals surface area contributed by atoms with E-state index in [1.54, 1.807) is 51.3 Å². The monoisotopic (exact) mass is 401 g/mol. The second kappa shape index (κ2) is 9.01. The largest absolute Gasteiger partial charge is 0.493 e. The van der Waals surface area contributed by atoms with Crippen LogP contribution in [0.2, 0.25) is 0 Å². The molecule has 0 bridgehead atoms. The molecule has 0 spiro atoms. The molecule has 2 aromatic carbocycles. The Morgan fingerprint density at radius 2 is 1.70 bits per heavy atom. The van der Waals surface area contributed by atoms with E-state index in [9.17, 15) is 4.79 Å². The third-order valence-electron chi connectivity index (χ3n) is 3.80. The lowest BCUT2D eigenvalue weighted by Gasteiger charge is -2.12. The fourth-order valence-corrected chi connectivity index (χ4v) is 4.31. The molecule has 7 heteroatoms. The van der Waals surface area contributed by atoms with Crippen LogP contribution < -0.4 is 14.2 Å². The van der Waals surface area contributed by atoms with Crippen molar-refractivity contribution < 1.29 is 19.0 Å². The van der Waals surface area contributed by atoms with Crippen LogP contribution in [0.25, 0.3) is 6.08 Å². The van der Waals surface area contributed by atoms with Crippen LogP contribution in [0.5, 0.6) is 17.2 Å². The maximum atomic E-state index is 12.3. The van der Waals surface area contributed by atoms with E-state index < -0.39 is 0 Å². The van der Waals surface area contributed by atoms with Gasteiger partial charge in [0, 0.05) is 5.75 Å². The minimum absolute atomic E-state index is 0.0701. The third-order valence-corrected chi connectivity index (χ3v) is 5.88. The summed E-state index contributed by atoms with van der Waals surface area (Å²) < 4.78 is 16.8. The number of carbonyl (C=O) groups excluding carboxylic acids is 1. The van der Waals surface area contributed by atoms with Gasteiger partial charge in [0.25, 0.3) is 0 Å². The summed E-state index contributed by atoms with van der Waals surface area (Å²) in [5.74, 6) is 2.35. The van der Waals surface area contributed by atoms with Crippen molar-refractivity contribution in [2.45, 2.75) is 5.75 Å². The van der Waals surface area contributed by atoms with Gasteiger partial charge in [-0.1, -0.05) is 42.1 Å². The van der Waals surface area contributed by atoms with Gasteiger partial charge in [0.1, 0.15) is 10.1 Å². The number of hydrogen-bond donors (Lipinski definition) is 0. The lowest BCUT2D eigenvalue weighted by Crippen LogP contribution is -1.96. The Kier molecular flexibility index (Phi) is 6.47. The van der Waals surface area contributed by atoms with Crippen LogP contribution in [0.1, 0.15) is 11.1 Å². The lowest BCUT2D eigenvalue weighted by molar-refractivity contribution is -0.107. The Bertz CT molecular complexity index is 869. The van der Waals surface area contributed by atoms with Gasteiger partial charge in [-0.3, -0.25) is 4.79 Å². The van der Waals surface area contributed by atoms with Crippen molar-refractivity contribution in [2.75, 3.05) is 21.3 Å². The minimum atomic E-state index is -0.0701. The number of thioether (sulfide) groups is 2. The first-order valence-corrected chi connectivity index (χ1v) is 9.94. The second-order valence-electron chi connectivity index (χ2n) is 5.53. The number of benzene rings is 2. The Labute approximate surface area is 166 Å². The lowest BCUT2D eigenvalue weighted by atomic mass is 10.1. The molecule has 0 amide bonds. The molecule has 3 rings (SSSR count). The van der Waals surface area contributed by atoms with Gasteiger partial charge in [-0.05, 0) is 41.1 Å². The number of hydrogen-bond acceptors (Lipinski definition) is 7. The summed E-state index contributed by atoms with van der Waals surface area (Å²) in [4.78, 5) is 16.8. The van der Waals surface area contributed by atoms with E-state index in [-0.39, 0.29) is 5.12 Å². The summed E-state index contributed by atoms with van der Waals surface area (Å²) in [5.41, 5.74) is 2.36. The van der Waals surface area contributed by atoms with Crippen LogP contribution in [0.3, 0.4) is 0 Å². The molecule has 0 saturated heterocycles. The van der Waals surface area contributed by atoms with E-state index in [2.05, 4.69) is 17.1 Å². The molecule has 0 N–H and O–H groups in total. The van der Waals surface area contributed by atoms with Crippen molar-refractivity contribution in [1.82, 2.24) is 0 Å². The predicted octanol–water partition coefficient (Wildman–Crippen LogP) is 4.62. The minimum Gasteiger partial charge on any atom is -0.493 e. The SMILES string of the molecule is COc1cc(C=C2N=C(SCc3ccccc3)SC2=O)cc(OC)c1OC. The quantitative estimate of drug-likeness (QED) is 0.659. The molecular weight excluding hydrogens is 382 g/mol. The highest BCUT2D eigenvalue weighted by molar-refractivity contribution is 8.45. The topological polar surface area (TPSA) is 57.1 Å². The second-order valence-corrected chi connectivity index (χ2v) is 7.71.